The van der Waals surface area contributed by atoms with Gasteiger partial charge >= 0.3 is 6.18 Å². The number of alkyl halides is 3. The number of halogens is 4. The van der Waals surface area contributed by atoms with Crippen molar-refractivity contribution in [3.05, 3.63) is 35.2 Å². The third-order valence-electron chi connectivity index (χ3n) is 4.24. The van der Waals surface area contributed by atoms with Gasteiger partial charge in [-0.1, -0.05) is 18.2 Å². The Morgan fingerprint density at radius 3 is 2.77 bits per heavy atom. The minimum Gasteiger partial charge on any atom is -0.314 e. The summed E-state index contributed by atoms with van der Waals surface area (Å²) in [4.78, 5) is 16.5. The van der Waals surface area contributed by atoms with Gasteiger partial charge < -0.3 is 10.6 Å². The van der Waals surface area contributed by atoms with Crippen molar-refractivity contribution >= 4 is 34.8 Å². The summed E-state index contributed by atoms with van der Waals surface area (Å²) in [7, 11) is 0. The lowest BCUT2D eigenvalue weighted by molar-refractivity contribution is -0.137. The number of carbonyl (C=O) groups is 1. The highest BCUT2D eigenvalue weighted by molar-refractivity contribution is 7.14. The fourth-order valence-electron chi connectivity index (χ4n) is 2.99. The van der Waals surface area contributed by atoms with Crippen molar-refractivity contribution < 1.29 is 18.0 Å². The molecule has 0 bridgehead atoms. The van der Waals surface area contributed by atoms with Gasteiger partial charge in [-0.3, -0.25) is 4.79 Å². The Balaban J connectivity index is 0.00000243. The smallest absolute Gasteiger partial charge is 0.314 e. The van der Waals surface area contributed by atoms with Crippen molar-refractivity contribution in [3.8, 4) is 11.3 Å². The predicted molar refractivity (Wildman–Crippen MR) is 98.6 cm³/mol. The lowest BCUT2D eigenvalue weighted by Gasteiger charge is -2.26. The van der Waals surface area contributed by atoms with Gasteiger partial charge in [0, 0.05) is 22.9 Å². The summed E-state index contributed by atoms with van der Waals surface area (Å²) in [5.41, 5.74) is -0.500. The number of carbonyl (C=O) groups excluding carboxylic acids is 1. The van der Waals surface area contributed by atoms with Crippen molar-refractivity contribution in [2.45, 2.75) is 32.0 Å². The molecule has 1 aromatic heterocycles. The molecule has 2 atom stereocenters. The first-order valence-corrected chi connectivity index (χ1v) is 8.89. The molecule has 0 unspecified atom stereocenters. The average molecular weight is 406 g/mol. The Bertz CT molecular complexity index is 766. The molecule has 1 aliphatic heterocycles. The lowest BCUT2D eigenvalue weighted by atomic mass is 9.92. The summed E-state index contributed by atoms with van der Waals surface area (Å²) < 4.78 is 39.4. The molecule has 2 aromatic rings. The van der Waals surface area contributed by atoms with Gasteiger partial charge in [-0.2, -0.15) is 13.2 Å². The molecule has 26 heavy (non-hydrogen) atoms. The second-order valence-electron chi connectivity index (χ2n) is 6.15. The van der Waals surface area contributed by atoms with Gasteiger partial charge in [0.2, 0.25) is 5.91 Å². The van der Waals surface area contributed by atoms with Crippen LogP contribution < -0.4 is 10.6 Å². The molecule has 4 nitrogen and oxygen atoms in total. The molecule has 1 saturated heterocycles. The fraction of sp³-hybridized carbons (Fsp3) is 0.412. The minimum absolute atomic E-state index is 0. The van der Waals surface area contributed by atoms with Gasteiger partial charge in [-0.05, 0) is 32.4 Å². The van der Waals surface area contributed by atoms with E-state index >= 15 is 0 Å². The molecule has 2 N–H and O–H groups in total. The van der Waals surface area contributed by atoms with Crippen LogP contribution in [0.5, 0.6) is 0 Å². The second kappa shape index (κ2) is 8.37. The normalized spacial score (nSPS) is 20.3. The zero-order chi connectivity index (χ0) is 18.0. The van der Waals surface area contributed by atoms with Crippen LogP contribution in [0.1, 0.15) is 25.3 Å². The number of piperidine rings is 1. The number of thiazole rings is 1. The fourth-order valence-corrected chi connectivity index (χ4v) is 3.70. The predicted octanol–water partition coefficient (Wildman–Crippen LogP) is 4.58. The number of hydrogen-bond donors (Lipinski definition) is 2. The van der Waals surface area contributed by atoms with Crippen LogP contribution in [0.4, 0.5) is 18.3 Å². The minimum atomic E-state index is -4.45. The molecule has 9 heteroatoms. The van der Waals surface area contributed by atoms with Gasteiger partial charge in [0.15, 0.2) is 5.13 Å². The molecule has 1 aromatic carbocycles. The van der Waals surface area contributed by atoms with Crippen LogP contribution in [-0.2, 0) is 11.0 Å². The Kier molecular flexibility index (Phi) is 6.65. The van der Waals surface area contributed by atoms with E-state index < -0.39 is 11.7 Å². The Hall–Kier alpha value is -1.64. The van der Waals surface area contributed by atoms with Crippen molar-refractivity contribution in [1.29, 1.82) is 0 Å². The number of nitrogens with one attached hydrogen (secondary N) is 2. The summed E-state index contributed by atoms with van der Waals surface area (Å²) in [5, 5.41) is 7.87. The highest BCUT2D eigenvalue weighted by Crippen LogP contribution is 2.37. The summed E-state index contributed by atoms with van der Waals surface area (Å²) in [6, 6.07) is 5.58. The van der Waals surface area contributed by atoms with E-state index in [4.69, 9.17) is 0 Å². The maximum absolute atomic E-state index is 13.1. The van der Waals surface area contributed by atoms with Crippen molar-refractivity contribution in [2.75, 3.05) is 11.9 Å². The van der Waals surface area contributed by atoms with Crippen molar-refractivity contribution in [2.24, 2.45) is 5.92 Å². The van der Waals surface area contributed by atoms with E-state index in [1.54, 1.807) is 6.07 Å². The molecule has 1 aliphatic rings. The maximum atomic E-state index is 13.1. The topological polar surface area (TPSA) is 54.0 Å². The van der Waals surface area contributed by atoms with Crippen molar-refractivity contribution in [1.82, 2.24) is 10.3 Å². The van der Waals surface area contributed by atoms with E-state index in [9.17, 15) is 18.0 Å². The van der Waals surface area contributed by atoms with Crippen LogP contribution in [0.25, 0.3) is 11.3 Å². The van der Waals surface area contributed by atoms with E-state index in [0.717, 1.165) is 36.8 Å². The first-order valence-electron chi connectivity index (χ1n) is 8.01. The van der Waals surface area contributed by atoms with Crippen LogP contribution in [0, 0.1) is 5.92 Å². The first kappa shape index (κ1) is 20.7. The van der Waals surface area contributed by atoms with Crippen LogP contribution in [0.2, 0.25) is 0 Å². The number of anilines is 1. The Morgan fingerprint density at radius 1 is 1.35 bits per heavy atom. The van der Waals surface area contributed by atoms with E-state index in [0.29, 0.717) is 5.13 Å². The maximum Gasteiger partial charge on any atom is 0.417 e. The van der Waals surface area contributed by atoms with Crippen LogP contribution >= 0.6 is 23.7 Å². The van der Waals surface area contributed by atoms with Gasteiger partial charge in [0.25, 0.3) is 0 Å². The molecule has 0 aliphatic carbocycles. The van der Waals surface area contributed by atoms with E-state index in [1.165, 1.54) is 17.5 Å². The number of aromatic nitrogens is 1. The molecule has 2 heterocycles. The molecule has 0 saturated carbocycles. The van der Waals surface area contributed by atoms with Gasteiger partial charge in [0.1, 0.15) is 0 Å². The molecule has 142 valence electrons. The average Bonchev–Trinajstić information content (AvgIpc) is 3.02. The van der Waals surface area contributed by atoms with Gasteiger partial charge in [-0.15, -0.1) is 23.7 Å². The number of hydrogen-bond acceptors (Lipinski definition) is 4. The quantitative estimate of drug-likeness (QED) is 0.786. The zero-order valence-corrected chi connectivity index (χ0v) is 15.6. The van der Waals surface area contributed by atoms with E-state index in [2.05, 4.69) is 15.6 Å². The number of benzene rings is 1. The zero-order valence-electron chi connectivity index (χ0n) is 14.0. The summed E-state index contributed by atoms with van der Waals surface area (Å²) >= 11 is 1.13. The monoisotopic (exact) mass is 405 g/mol. The van der Waals surface area contributed by atoms with Gasteiger partial charge in [-0.25, -0.2) is 4.98 Å². The molecule has 1 amide bonds. The Morgan fingerprint density at radius 2 is 2.08 bits per heavy atom. The van der Waals surface area contributed by atoms with Crippen LogP contribution in [-0.4, -0.2) is 23.5 Å². The second-order valence-corrected chi connectivity index (χ2v) is 7.01. The highest BCUT2D eigenvalue weighted by Gasteiger charge is 2.34. The summed E-state index contributed by atoms with van der Waals surface area (Å²) in [6.45, 7) is 2.80. The SMILES string of the molecule is C[C@H]1C[C@@H](C(=O)Nc2nc(-c3ccccc3C(F)(F)F)cs2)CCN1.Cl. The largest absolute Gasteiger partial charge is 0.417 e. The molecule has 1 fully saturated rings. The molecule has 3 rings (SSSR count). The lowest BCUT2D eigenvalue weighted by Crippen LogP contribution is -2.40. The van der Waals surface area contributed by atoms with Gasteiger partial charge in [0.05, 0.1) is 11.3 Å². The Labute approximate surface area is 159 Å². The summed E-state index contributed by atoms with van der Waals surface area (Å²) in [6.07, 6.45) is -2.97. The molecular formula is C17H19ClF3N3OS. The highest BCUT2D eigenvalue weighted by atomic mass is 35.5. The third-order valence-corrected chi connectivity index (χ3v) is 4.99. The van der Waals surface area contributed by atoms with E-state index in [1.807, 2.05) is 6.92 Å². The molecular weight excluding hydrogens is 387 g/mol. The van der Waals surface area contributed by atoms with Crippen molar-refractivity contribution in [3.63, 3.8) is 0 Å². The number of nitrogens with zero attached hydrogens (tertiary/aromatic N) is 1. The number of rotatable bonds is 3. The molecule has 0 spiro atoms. The van der Waals surface area contributed by atoms with E-state index in [-0.39, 0.29) is 41.5 Å². The third kappa shape index (κ3) is 4.75. The number of amides is 1. The van der Waals surface area contributed by atoms with Crippen LogP contribution in [0.3, 0.4) is 0 Å². The first-order chi connectivity index (χ1) is 11.8. The summed E-state index contributed by atoms with van der Waals surface area (Å²) in [5.74, 6) is -0.232. The molecule has 0 radical (unpaired) electrons. The standard InChI is InChI=1S/C17H18F3N3OS.ClH/c1-10-8-11(6-7-21-10)15(24)23-16-22-14(9-25-16)12-4-2-3-5-13(12)17(18,19)20;/h2-5,9-11,21H,6-8H2,1H3,(H,22,23,24);1H/t10-,11-;/m0./s1. The van der Waals surface area contributed by atoms with Crippen LogP contribution in [0.15, 0.2) is 29.6 Å².